The molecule has 5 nitrogen and oxygen atoms in total. The van der Waals surface area contributed by atoms with Crippen molar-refractivity contribution in [3.8, 4) is 5.69 Å². The van der Waals surface area contributed by atoms with Crippen LogP contribution in [0.1, 0.15) is 11.1 Å². The van der Waals surface area contributed by atoms with Crippen LogP contribution >= 0.6 is 0 Å². The van der Waals surface area contributed by atoms with Crippen molar-refractivity contribution in [2.75, 3.05) is 7.11 Å². The molecule has 78 valence electrons. The molecule has 5 heteroatoms. The van der Waals surface area contributed by atoms with Crippen LogP contribution in [-0.4, -0.2) is 27.3 Å². The summed E-state index contributed by atoms with van der Waals surface area (Å²) in [4.78, 5) is 0. The zero-order valence-electron chi connectivity index (χ0n) is 8.71. The molecule has 0 saturated heterocycles. The first-order valence-corrected chi connectivity index (χ1v) is 4.63. The van der Waals surface area contributed by atoms with Crippen LogP contribution in [0.3, 0.4) is 0 Å². The lowest BCUT2D eigenvalue weighted by Gasteiger charge is -2.06. The number of aryl methyl sites for hydroxylation is 1. The molecule has 0 aliphatic heterocycles. The number of hydrogen-bond donors (Lipinski definition) is 0. The van der Waals surface area contributed by atoms with Gasteiger partial charge in [0.25, 0.3) is 0 Å². The number of hydrogen-bond acceptors (Lipinski definition) is 4. The molecule has 0 N–H and O–H groups in total. The minimum atomic E-state index is 0.622. The molecule has 1 aromatic carbocycles. The van der Waals surface area contributed by atoms with E-state index in [1.54, 1.807) is 18.1 Å². The Hall–Kier alpha value is -1.75. The number of nitrogens with zero attached hydrogens (tertiary/aromatic N) is 4. The molecule has 1 aromatic heterocycles. The Balaban J connectivity index is 2.35. The van der Waals surface area contributed by atoms with Gasteiger partial charge < -0.3 is 4.74 Å². The number of tetrazole rings is 1. The van der Waals surface area contributed by atoms with Crippen LogP contribution in [0.25, 0.3) is 5.69 Å². The number of ether oxygens (including phenoxy) is 1. The lowest BCUT2D eigenvalue weighted by atomic mass is 10.1. The molecule has 1 heterocycles. The van der Waals surface area contributed by atoms with Crippen molar-refractivity contribution in [3.63, 3.8) is 0 Å². The van der Waals surface area contributed by atoms with Crippen molar-refractivity contribution < 1.29 is 4.74 Å². The quantitative estimate of drug-likeness (QED) is 0.751. The van der Waals surface area contributed by atoms with Crippen LogP contribution in [0.2, 0.25) is 0 Å². The summed E-state index contributed by atoms with van der Waals surface area (Å²) in [5.74, 6) is 0. The van der Waals surface area contributed by atoms with Gasteiger partial charge in [-0.2, -0.15) is 0 Å². The second kappa shape index (κ2) is 4.18. The summed E-state index contributed by atoms with van der Waals surface area (Å²) in [5, 5.41) is 11.1. The van der Waals surface area contributed by atoms with Gasteiger partial charge >= 0.3 is 0 Å². The number of methoxy groups -OCH3 is 1. The molecule has 2 rings (SSSR count). The fraction of sp³-hybridized carbons (Fsp3) is 0.300. The molecule has 0 radical (unpaired) electrons. The molecule has 0 bridgehead atoms. The van der Waals surface area contributed by atoms with Crippen LogP contribution in [0.15, 0.2) is 24.5 Å². The van der Waals surface area contributed by atoms with Crippen LogP contribution < -0.4 is 0 Å². The second-order valence-electron chi connectivity index (χ2n) is 3.31. The lowest BCUT2D eigenvalue weighted by molar-refractivity contribution is 0.185. The molecular formula is C10H12N4O. The highest BCUT2D eigenvalue weighted by atomic mass is 16.5. The Morgan fingerprint density at radius 2 is 2.27 bits per heavy atom. The highest BCUT2D eigenvalue weighted by Gasteiger charge is 2.03. The van der Waals surface area contributed by atoms with Gasteiger partial charge in [-0.1, -0.05) is 12.1 Å². The Kier molecular flexibility index (Phi) is 2.73. The third-order valence-electron chi connectivity index (χ3n) is 2.17. The van der Waals surface area contributed by atoms with E-state index in [1.165, 1.54) is 0 Å². The minimum Gasteiger partial charge on any atom is -0.380 e. The summed E-state index contributed by atoms with van der Waals surface area (Å²) >= 11 is 0. The Labute approximate surface area is 87.7 Å². The van der Waals surface area contributed by atoms with E-state index in [0.717, 1.165) is 16.8 Å². The standard InChI is InChI=1S/C10H12N4O/c1-8-5-9(6-15-2)3-4-10(8)14-7-11-12-13-14/h3-5,7H,6H2,1-2H3. The first kappa shape index (κ1) is 9.79. The molecule has 0 atom stereocenters. The van der Waals surface area contributed by atoms with Crippen molar-refractivity contribution >= 4 is 0 Å². The van der Waals surface area contributed by atoms with E-state index in [4.69, 9.17) is 4.74 Å². The molecular weight excluding hydrogens is 192 g/mol. The molecule has 15 heavy (non-hydrogen) atoms. The van der Waals surface area contributed by atoms with E-state index in [-0.39, 0.29) is 0 Å². The van der Waals surface area contributed by atoms with E-state index in [9.17, 15) is 0 Å². The summed E-state index contributed by atoms with van der Waals surface area (Å²) in [6.45, 7) is 2.65. The van der Waals surface area contributed by atoms with Gasteiger partial charge in [0.1, 0.15) is 6.33 Å². The largest absolute Gasteiger partial charge is 0.380 e. The van der Waals surface area contributed by atoms with Crippen LogP contribution in [-0.2, 0) is 11.3 Å². The Bertz CT molecular complexity index is 439. The monoisotopic (exact) mass is 204 g/mol. The third-order valence-corrected chi connectivity index (χ3v) is 2.17. The van der Waals surface area contributed by atoms with Gasteiger partial charge in [0, 0.05) is 7.11 Å². The number of benzene rings is 1. The molecule has 0 spiro atoms. The van der Waals surface area contributed by atoms with Gasteiger partial charge in [-0.25, -0.2) is 4.68 Å². The Morgan fingerprint density at radius 1 is 1.40 bits per heavy atom. The SMILES string of the molecule is COCc1ccc(-n2cnnn2)c(C)c1. The van der Waals surface area contributed by atoms with Crippen molar-refractivity contribution in [3.05, 3.63) is 35.7 Å². The lowest BCUT2D eigenvalue weighted by Crippen LogP contribution is -1.99. The summed E-state index contributed by atoms with van der Waals surface area (Å²) in [5.41, 5.74) is 3.25. The summed E-state index contributed by atoms with van der Waals surface area (Å²) < 4.78 is 6.71. The van der Waals surface area contributed by atoms with E-state index in [2.05, 4.69) is 21.6 Å². The zero-order valence-corrected chi connectivity index (χ0v) is 8.71. The van der Waals surface area contributed by atoms with Crippen molar-refractivity contribution in [1.82, 2.24) is 20.2 Å². The minimum absolute atomic E-state index is 0.622. The van der Waals surface area contributed by atoms with E-state index < -0.39 is 0 Å². The highest BCUT2D eigenvalue weighted by molar-refractivity contribution is 5.41. The van der Waals surface area contributed by atoms with Crippen LogP contribution in [0.4, 0.5) is 0 Å². The summed E-state index contributed by atoms with van der Waals surface area (Å²) in [7, 11) is 1.69. The maximum atomic E-state index is 5.07. The predicted octanol–water partition coefficient (Wildman–Crippen LogP) is 1.12. The highest BCUT2D eigenvalue weighted by Crippen LogP contribution is 2.14. The van der Waals surface area contributed by atoms with Gasteiger partial charge in [-0.15, -0.1) is 5.10 Å². The van der Waals surface area contributed by atoms with Crippen LogP contribution in [0, 0.1) is 6.92 Å². The predicted molar refractivity (Wildman–Crippen MR) is 54.6 cm³/mol. The molecule has 0 aliphatic carbocycles. The molecule has 0 saturated carbocycles. The first-order chi connectivity index (χ1) is 7.31. The van der Waals surface area contributed by atoms with Gasteiger partial charge in [-0.05, 0) is 34.5 Å². The summed E-state index contributed by atoms with van der Waals surface area (Å²) in [6.07, 6.45) is 1.58. The molecule has 0 fully saturated rings. The van der Waals surface area contributed by atoms with Gasteiger partial charge in [0.05, 0.1) is 12.3 Å². The number of rotatable bonds is 3. The molecule has 0 aliphatic rings. The molecule has 0 amide bonds. The fourth-order valence-corrected chi connectivity index (χ4v) is 1.50. The van der Waals surface area contributed by atoms with Gasteiger partial charge in [0.15, 0.2) is 0 Å². The number of aromatic nitrogens is 4. The van der Waals surface area contributed by atoms with Crippen LogP contribution in [0.5, 0.6) is 0 Å². The van der Waals surface area contributed by atoms with E-state index >= 15 is 0 Å². The molecule has 2 aromatic rings. The van der Waals surface area contributed by atoms with E-state index in [0.29, 0.717) is 6.61 Å². The third kappa shape index (κ3) is 2.02. The molecule has 0 unspecified atom stereocenters. The average Bonchev–Trinajstić information content (AvgIpc) is 2.71. The smallest absolute Gasteiger partial charge is 0.143 e. The van der Waals surface area contributed by atoms with Crippen molar-refractivity contribution in [2.24, 2.45) is 0 Å². The average molecular weight is 204 g/mol. The topological polar surface area (TPSA) is 52.8 Å². The van der Waals surface area contributed by atoms with E-state index in [1.807, 2.05) is 19.1 Å². The maximum absolute atomic E-state index is 5.07. The van der Waals surface area contributed by atoms with Gasteiger partial charge in [-0.3, -0.25) is 0 Å². The van der Waals surface area contributed by atoms with Gasteiger partial charge in [0.2, 0.25) is 0 Å². The zero-order chi connectivity index (χ0) is 10.7. The summed E-state index contributed by atoms with van der Waals surface area (Å²) in [6, 6.07) is 6.06. The maximum Gasteiger partial charge on any atom is 0.143 e. The fourth-order valence-electron chi connectivity index (χ4n) is 1.50. The normalized spacial score (nSPS) is 10.5. The second-order valence-corrected chi connectivity index (χ2v) is 3.31. The van der Waals surface area contributed by atoms with Crippen molar-refractivity contribution in [1.29, 1.82) is 0 Å². The van der Waals surface area contributed by atoms with Crippen molar-refractivity contribution in [2.45, 2.75) is 13.5 Å². The Morgan fingerprint density at radius 3 is 2.87 bits per heavy atom. The first-order valence-electron chi connectivity index (χ1n) is 4.63.